The predicted molar refractivity (Wildman–Crippen MR) is 72.7 cm³/mol. The molecule has 0 saturated heterocycles. The maximum absolute atomic E-state index is 13.9. The molecule has 100 valence electrons. The topological polar surface area (TPSA) is 55.1 Å². The van der Waals surface area contributed by atoms with Crippen molar-refractivity contribution in [1.29, 1.82) is 0 Å². The molecule has 19 heavy (non-hydrogen) atoms. The predicted octanol–water partition coefficient (Wildman–Crippen LogP) is 3.73. The molecule has 0 aliphatic heterocycles. The number of benzene rings is 1. The van der Waals surface area contributed by atoms with Crippen LogP contribution in [0, 0.1) is 5.82 Å². The van der Waals surface area contributed by atoms with Crippen molar-refractivity contribution in [2.45, 2.75) is 19.9 Å². The second-order valence-electron chi connectivity index (χ2n) is 4.33. The van der Waals surface area contributed by atoms with Crippen LogP contribution in [0.4, 0.5) is 4.39 Å². The number of aromatic carboxylic acids is 1. The second kappa shape index (κ2) is 5.13. The number of carboxylic acids is 1. The van der Waals surface area contributed by atoms with Gasteiger partial charge in [-0.05, 0) is 41.9 Å². The lowest BCUT2D eigenvalue weighted by molar-refractivity contribution is 0.0688. The van der Waals surface area contributed by atoms with Crippen LogP contribution in [0.15, 0.2) is 28.7 Å². The summed E-state index contributed by atoms with van der Waals surface area (Å²) >= 11 is 3.21. The molecule has 0 amide bonds. The van der Waals surface area contributed by atoms with Gasteiger partial charge in [0.2, 0.25) is 0 Å². The molecule has 0 radical (unpaired) electrons. The third-order valence-electron chi connectivity index (χ3n) is 2.67. The Morgan fingerprint density at radius 3 is 2.58 bits per heavy atom. The number of halogens is 2. The largest absolute Gasteiger partial charge is 0.476 e. The summed E-state index contributed by atoms with van der Waals surface area (Å²) in [6, 6.07) is 6.13. The zero-order chi connectivity index (χ0) is 14.2. The van der Waals surface area contributed by atoms with Gasteiger partial charge in [0.1, 0.15) is 5.82 Å². The number of hydrogen-bond acceptors (Lipinski definition) is 2. The lowest BCUT2D eigenvalue weighted by atomic mass is 10.1. The summed E-state index contributed by atoms with van der Waals surface area (Å²) < 4.78 is 15.7. The number of carbonyl (C=O) groups is 1. The number of hydrogen-bond donors (Lipinski definition) is 1. The summed E-state index contributed by atoms with van der Waals surface area (Å²) in [5.41, 5.74) is 0.639. The van der Waals surface area contributed by atoms with Gasteiger partial charge >= 0.3 is 5.97 Å². The van der Waals surface area contributed by atoms with Gasteiger partial charge in [-0.25, -0.2) is 9.18 Å². The lowest BCUT2D eigenvalue weighted by Gasteiger charge is -2.11. The quantitative estimate of drug-likeness (QED) is 0.934. The van der Waals surface area contributed by atoms with Crippen LogP contribution in [-0.2, 0) is 0 Å². The van der Waals surface area contributed by atoms with E-state index < -0.39 is 11.8 Å². The molecule has 0 saturated carbocycles. The van der Waals surface area contributed by atoms with E-state index in [0.29, 0.717) is 15.7 Å². The van der Waals surface area contributed by atoms with Gasteiger partial charge in [0, 0.05) is 11.6 Å². The van der Waals surface area contributed by atoms with Crippen LogP contribution in [0.25, 0.3) is 11.3 Å². The fourth-order valence-electron chi connectivity index (χ4n) is 1.82. The highest BCUT2D eigenvalue weighted by Gasteiger charge is 2.24. The van der Waals surface area contributed by atoms with Crippen molar-refractivity contribution in [3.8, 4) is 11.3 Å². The molecule has 0 bridgehead atoms. The van der Waals surface area contributed by atoms with E-state index in [1.54, 1.807) is 18.2 Å². The molecule has 4 nitrogen and oxygen atoms in total. The van der Waals surface area contributed by atoms with Crippen molar-refractivity contribution in [3.05, 3.63) is 40.2 Å². The van der Waals surface area contributed by atoms with Crippen molar-refractivity contribution in [1.82, 2.24) is 9.78 Å². The van der Waals surface area contributed by atoms with Gasteiger partial charge in [-0.1, -0.05) is 12.1 Å². The minimum atomic E-state index is -1.15. The highest BCUT2D eigenvalue weighted by atomic mass is 79.9. The molecule has 0 fully saturated rings. The van der Waals surface area contributed by atoms with Gasteiger partial charge in [0.05, 0.1) is 10.2 Å². The SMILES string of the molecule is CC(C)n1nc(C(=O)O)c(Br)c1-c1ccccc1F. The minimum Gasteiger partial charge on any atom is -0.476 e. The maximum Gasteiger partial charge on any atom is 0.357 e. The van der Waals surface area contributed by atoms with Gasteiger partial charge in [-0.2, -0.15) is 5.10 Å². The van der Waals surface area contributed by atoms with Crippen molar-refractivity contribution >= 4 is 21.9 Å². The van der Waals surface area contributed by atoms with Gasteiger partial charge < -0.3 is 5.11 Å². The Labute approximate surface area is 118 Å². The van der Waals surface area contributed by atoms with E-state index >= 15 is 0 Å². The van der Waals surface area contributed by atoms with E-state index in [1.165, 1.54) is 10.7 Å². The molecule has 1 aromatic heterocycles. The van der Waals surface area contributed by atoms with Crippen LogP contribution in [0.2, 0.25) is 0 Å². The number of aromatic nitrogens is 2. The third-order valence-corrected chi connectivity index (χ3v) is 3.42. The zero-order valence-electron chi connectivity index (χ0n) is 10.4. The molecular formula is C13H12BrFN2O2. The van der Waals surface area contributed by atoms with Gasteiger partial charge in [0.15, 0.2) is 5.69 Å². The van der Waals surface area contributed by atoms with Gasteiger partial charge in [0.25, 0.3) is 0 Å². The van der Waals surface area contributed by atoms with Crippen molar-refractivity contribution in [2.24, 2.45) is 0 Å². The number of nitrogens with zero attached hydrogens (tertiary/aromatic N) is 2. The summed E-state index contributed by atoms with van der Waals surface area (Å²) in [6.07, 6.45) is 0. The Morgan fingerprint density at radius 2 is 2.05 bits per heavy atom. The van der Waals surface area contributed by atoms with Crippen LogP contribution in [0.1, 0.15) is 30.4 Å². The fraction of sp³-hybridized carbons (Fsp3) is 0.231. The summed E-state index contributed by atoms with van der Waals surface area (Å²) in [5.74, 6) is -1.56. The van der Waals surface area contributed by atoms with E-state index in [0.717, 1.165) is 0 Å². The van der Waals surface area contributed by atoms with E-state index in [-0.39, 0.29) is 11.7 Å². The molecular weight excluding hydrogens is 315 g/mol. The zero-order valence-corrected chi connectivity index (χ0v) is 12.0. The highest BCUT2D eigenvalue weighted by molar-refractivity contribution is 9.10. The molecule has 2 aromatic rings. The van der Waals surface area contributed by atoms with Crippen LogP contribution in [-0.4, -0.2) is 20.9 Å². The Bertz CT molecular complexity index is 638. The Balaban J connectivity index is 2.75. The van der Waals surface area contributed by atoms with Crippen molar-refractivity contribution in [2.75, 3.05) is 0 Å². The maximum atomic E-state index is 13.9. The van der Waals surface area contributed by atoms with Crippen LogP contribution in [0.5, 0.6) is 0 Å². The molecule has 1 aromatic carbocycles. The molecule has 0 unspecified atom stereocenters. The Kier molecular flexibility index (Phi) is 3.71. The standard InChI is InChI=1S/C13H12BrFN2O2/c1-7(2)17-12(8-5-3-4-6-9(8)15)10(14)11(16-17)13(18)19/h3-7H,1-2H3,(H,18,19). The van der Waals surface area contributed by atoms with E-state index in [1.807, 2.05) is 13.8 Å². The third kappa shape index (κ3) is 2.40. The average molecular weight is 327 g/mol. The molecule has 1 heterocycles. The highest BCUT2D eigenvalue weighted by Crippen LogP contribution is 2.34. The van der Waals surface area contributed by atoms with E-state index in [4.69, 9.17) is 5.11 Å². The summed E-state index contributed by atoms with van der Waals surface area (Å²) in [6.45, 7) is 3.71. The molecule has 2 rings (SSSR count). The lowest BCUT2D eigenvalue weighted by Crippen LogP contribution is -2.07. The average Bonchev–Trinajstić information content (AvgIpc) is 2.68. The molecule has 6 heteroatoms. The first-order valence-corrected chi connectivity index (χ1v) is 6.49. The van der Waals surface area contributed by atoms with Gasteiger partial charge in [-0.15, -0.1) is 0 Å². The number of rotatable bonds is 3. The van der Waals surface area contributed by atoms with Crippen LogP contribution < -0.4 is 0 Å². The smallest absolute Gasteiger partial charge is 0.357 e. The molecule has 0 spiro atoms. The van der Waals surface area contributed by atoms with E-state index in [9.17, 15) is 9.18 Å². The first-order chi connectivity index (χ1) is 8.93. The van der Waals surface area contributed by atoms with E-state index in [2.05, 4.69) is 21.0 Å². The normalized spacial score (nSPS) is 11.0. The first-order valence-electron chi connectivity index (χ1n) is 5.69. The molecule has 0 aliphatic carbocycles. The molecule has 0 atom stereocenters. The van der Waals surface area contributed by atoms with Gasteiger partial charge in [-0.3, -0.25) is 4.68 Å². The first kappa shape index (κ1) is 13.7. The summed E-state index contributed by atoms with van der Waals surface area (Å²) in [4.78, 5) is 11.1. The van der Waals surface area contributed by atoms with Crippen molar-refractivity contribution < 1.29 is 14.3 Å². The van der Waals surface area contributed by atoms with Crippen LogP contribution in [0.3, 0.4) is 0 Å². The van der Waals surface area contributed by atoms with Crippen LogP contribution >= 0.6 is 15.9 Å². The minimum absolute atomic E-state index is 0.0843. The summed E-state index contributed by atoms with van der Waals surface area (Å²) in [7, 11) is 0. The Morgan fingerprint density at radius 1 is 1.42 bits per heavy atom. The Hall–Kier alpha value is -1.69. The summed E-state index contributed by atoms with van der Waals surface area (Å²) in [5, 5.41) is 13.1. The van der Waals surface area contributed by atoms with Crippen molar-refractivity contribution in [3.63, 3.8) is 0 Å². The molecule has 0 aliphatic rings. The molecule has 1 N–H and O–H groups in total. The fourth-order valence-corrected chi connectivity index (χ4v) is 2.46. The number of carboxylic acid groups (broad SMARTS) is 1. The monoisotopic (exact) mass is 326 g/mol. The second-order valence-corrected chi connectivity index (χ2v) is 5.13.